The van der Waals surface area contributed by atoms with Gasteiger partial charge in [0.15, 0.2) is 5.78 Å². The maximum Gasteiger partial charge on any atom is 0.163 e. The molecule has 2 heteroatoms. The van der Waals surface area contributed by atoms with E-state index >= 15 is 0 Å². The van der Waals surface area contributed by atoms with Crippen molar-refractivity contribution >= 4 is 5.78 Å². The molecule has 0 bridgehead atoms. The quantitative estimate of drug-likeness (QED) is 0.610. The third-order valence-corrected chi connectivity index (χ3v) is 5.10. The van der Waals surface area contributed by atoms with Crippen LogP contribution in [0.4, 0.5) is 0 Å². The fourth-order valence-electron chi connectivity index (χ4n) is 3.77. The number of hydrogen-bond donors (Lipinski definition) is 0. The molecule has 26 heavy (non-hydrogen) atoms. The van der Waals surface area contributed by atoms with Gasteiger partial charge in [0.25, 0.3) is 0 Å². The van der Waals surface area contributed by atoms with Gasteiger partial charge in [-0.3, -0.25) is 4.79 Å². The average Bonchev–Trinajstić information content (AvgIpc) is 3.01. The molecule has 0 aliphatic heterocycles. The van der Waals surface area contributed by atoms with Crippen LogP contribution in [-0.4, -0.2) is 5.78 Å². The predicted octanol–water partition coefficient (Wildman–Crippen LogP) is 5.68. The van der Waals surface area contributed by atoms with Gasteiger partial charge in [0.1, 0.15) is 12.4 Å². The van der Waals surface area contributed by atoms with Crippen molar-refractivity contribution in [3.8, 4) is 16.9 Å². The summed E-state index contributed by atoms with van der Waals surface area (Å²) in [6, 6.07) is 20.7. The van der Waals surface area contributed by atoms with E-state index in [1.807, 2.05) is 18.2 Å². The zero-order chi connectivity index (χ0) is 18.1. The zero-order valence-corrected chi connectivity index (χ0v) is 15.2. The molecule has 0 heterocycles. The molecular weight excluding hydrogens is 320 g/mol. The minimum atomic E-state index is 0.243. The smallest absolute Gasteiger partial charge is 0.163 e. The number of Topliss-reactive ketones (excluding diaryl/α,β-unsaturated/α-hetero) is 1. The van der Waals surface area contributed by atoms with Crippen LogP contribution < -0.4 is 4.74 Å². The summed E-state index contributed by atoms with van der Waals surface area (Å²) in [4.78, 5) is 11.7. The molecule has 0 fully saturated rings. The Morgan fingerprint density at radius 1 is 0.885 bits per heavy atom. The molecule has 0 N–H and O–H groups in total. The Balaban J connectivity index is 1.54. The molecule has 0 radical (unpaired) electrons. The Bertz CT molecular complexity index is 965. The van der Waals surface area contributed by atoms with E-state index in [1.165, 1.54) is 22.3 Å². The second kappa shape index (κ2) is 6.80. The monoisotopic (exact) mass is 342 g/mol. The number of ether oxygens (including phenoxy) is 1. The van der Waals surface area contributed by atoms with Gasteiger partial charge in [-0.2, -0.15) is 0 Å². The summed E-state index contributed by atoms with van der Waals surface area (Å²) >= 11 is 0. The molecule has 0 aromatic heterocycles. The van der Waals surface area contributed by atoms with Crippen molar-refractivity contribution in [2.75, 3.05) is 0 Å². The van der Waals surface area contributed by atoms with E-state index in [0.29, 0.717) is 13.0 Å². The Morgan fingerprint density at radius 3 is 2.46 bits per heavy atom. The summed E-state index contributed by atoms with van der Waals surface area (Å²) < 4.78 is 5.99. The normalized spacial score (nSPS) is 12.9. The topological polar surface area (TPSA) is 26.3 Å². The summed E-state index contributed by atoms with van der Waals surface area (Å²) in [5.41, 5.74) is 8.19. The molecule has 0 saturated carbocycles. The second-order valence-electron chi connectivity index (χ2n) is 7.00. The average molecular weight is 342 g/mol. The molecule has 2 nitrogen and oxygen atoms in total. The van der Waals surface area contributed by atoms with Crippen LogP contribution in [0.2, 0.25) is 0 Å². The predicted molar refractivity (Wildman–Crippen MR) is 105 cm³/mol. The van der Waals surface area contributed by atoms with Crippen molar-refractivity contribution in [2.45, 2.75) is 33.3 Å². The molecule has 3 aromatic rings. The molecule has 0 unspecified atom stereocenters. The van der Waals surface area contributed by atoms with Gasteiger partial charge < -0.3 is 4.74 Å². The van der Waals surface area contributed by atoms with Crippen molar-refractivity contribution < 1.29 is 9.53 Å². The van der Waals surface area contributed by atoms with Crippen molar-refractivity contribution in [3.63, 3.8) is 0 Å². The standard InChI is InChI=1S/C24H22O2/c1-16-5-3-6-17(2)24(16)20-8-4-7-18(13-20)15-26-21-10-11-22-19(14-21)9-12-23(22)25/h3-8,10-11,13-14H,9,12,15H2,1-2H3. The van der Waals surface area contributed by atoms with E-state index in [4.69, 9.17) is 4.74 Å². The van der Waals surface area contributed by atoms with Crippen LogP contribution in [0.15, 0.2) is 60.7 Å². The van der Waals surface area contributed by atoms with Crippen LogP contribution in [0.5, 0.6) is 5.75 Å². The van der Waals surface area contributed by atoms with Crippen molar-refractivity contribution in [1.29, 1.82) is 0 Å². The highest BCUT2D eigenvalue weighted by atomic mass is 16.5. The summed E-state index contributed by atoms with van der Waals surface area (Å²) in [6.45, 7) is 4.82. The minimum Gasteiger partial charge on any atom is -0.489 e. The largest absolute Gasteiger partial charge is 0.489 e. The van der Waals surface area contributed by atoms with Crippen LogP contribution in [0, 0.1) is 13.8 Å². The SMILES string of the molecule is Cc1cccc(C)c1-c1cccc(COc2ccc3c(c2)CCC3=O)c1. The first-order chi connectivity index (χ1) is 12.6. The van der Waals surface area contributed by atoms with Crippen LogP contribution in [-0.2, 0) is 13.0 Å². The van der Waals surface area contributed by atoms with Gasteiger partial charge in [-0.05, 0) is 77.9 Å². The van der Waals surface area contributed by atoms with Gasteiger partial charge in [-0.15, -0.1) is 0 Å². The van der Waals surface area contributed by atoms with Gasteiger partial charge in [-0.1, -0.05) is 36.4 Å². The Labute approximate surface area is 154 Å². The molecule has 3 aromatic carbocycles. The van der Waals surface area contributed by atoms with Crippen molar-refractivity contribution in [3.05, 3.63) is 88.5 Å². The van der Waals surface area contributed by atoms with Gasteiger partial charge in [0.05, 0.1) is 0 Å². The number of ketones is 1. The molecule has 130 valence electrons. The maximum atomic E-state index is 11.7. The molecule has 0 spiro atoms. The lowest BCUT2D eigenvalue weighted by Crippen LogP contribution is -1.98. The maximum absolute atomic E-state index is 11.7. The Kier molecular flexibility index (Phi) is 4.34. The highest BCUT2D eigenvalue weighted by molar-refractivity contribution is 6.00. The molecule has 1 aliphatic carbocycles. The number of benzene rings is 3. The highest BCUT2D eigenvalue weighted by Gasteiger charge is 2.19. The third kappa shape index (κ3) is 3.15. The lowest BCUT2D eigenvalue weighted by Gasteiger charge is -2.12. The third-order valence-electron chi connectivity index (χ3n) is 5.10. The first-order valence-electron chi connectivity index (χ1n) is 9.06. The first-order valence-corrected chi connectivity index (χ1v) is 9.06. The Hall–Kier alpha value is -2.87. The summed E-state index contributed by atoms with van der Waals surface area (Å²) in [5.74, 6) is 1.07. The number of carbonyl (C=O) groups excluding carboxylic acids is 1. The summed E-state index contributed by atoms with van der Waals surface area (Å²) in [7, 11) is 0. The number of carbonyl (C=O) groups is 1. The van der Waals surface area contributed by atoms with E-state index in [9.17, 15) is 4.79 Å². The molecule has 0 atom stereocenters. The van der Waals surface area contributed by atoms with E-state index in [0.717, 1.165) is 28.9 Å². The van der Waals surface area contributed by atoms with E-state index in [2.05, 4.69) is 56.3 Å². The van der Waals surface area contributed by atoms with Crippen LogP contribution in [0.25, 0.3) is 11.1 Å². The van der Waals surface area contributed by atoms with Gasteiger partial charge >= 0.3 is 0 Å². The summed E-state index contributed by atoms with van der Waals surface area (Å²) in [5, 5.41) is 0. The highest BCUT2D eigenvalue weighted by Crippen LogP contribution is 2.29. The molecule has 0 saturated heterocycles. The zero-order valence-electron chi connectivity index (χ0n) is 15.2. The van der Waals surface area contributed by atoms with E-state index in [1.54, 1.807) is 0 Å². The number of hydrogen-bond acceptors (Lipinski definition) is 2. The fraction of sp³-hybridized carbons (Fsp3) is 0.208. The van der Waals surface area contributed by atoms with Gasteiger partial charge in [-0.25, -0.2) is 0 Å². The van der Waals surface area contributed by atoms with Gasteiger partial charge in [0, 0.05) is 12.0 Å². The second-order valence-corrected chi connectivity index (χ2v) is 7.00. The van der Waals surface area contributed by atoms with Gasteiger partial charge in [0.2, 0.25) is 0 Å². The number of fused-ring (bicyclic) bond motifs is 1. The first kappa shape index (κ1) is 16.6. The Morgan fingerprint density at radius 2 is 1.65 bits per heavy atom. The molecule has 1 aliphatic rings. The van der Waals surface area contributed by atoms with Crippen LogP contribution in [0.3, 0.4) is 0 Å². The fourth-order valence-corrected chi connectivity index (χ4v) is 3.77. The molecule has 4 rings (SSSR count). The lowest BCUT2D eigenvalue weighted by atomic mass is 9.95. The number of rotatable bonds is 4. The lowest BCUT2D eigenvalue weighted by molar-refractivity contribution is 0.0994. The number of aryl methyl sites for hydroxylation is 3. The van der Waals surface area contributed by atoms with Crippen LogP contribution >= 0.6 is 0 Å². The van der Waals surface area contributed by atoms with E-state index in [-0.39, 0.29) is 5.78 Å². The summed E-state index contributed by atoms with van der Waals surface area (Å²) in [6.07, 6.45) is 1.45. The van der Waals surface area contributed by atoms with Crippen molar-refractivity contribution in [1.82, 2.24) is 0 Å². The molecule has 0 amide bonds. The molecular formula is C24H22O2. The minimum absolute atomic E-state index is 0.243. The van der Waals surface area contributed by atoms with E-state index < -0.39 is 0 Å². The van der Waals surface area contributed by atoms with Crippen LogP contribution in [0.1, 0.15) is 39.0 Å². The van der Waals surface area contributed by atoms with Crippen molar-refractivity contribution in [2.24, 2.45) is 0 Å².